The molecule has 1 unspecified atom stereocenters. The van der Waals surface area contributed by atoms with E-state index in [4.69, 9.17) is 5.73 Å². The van der Waals surface area contributed by atoms with Crippen LogP contribution in [0.15, 0.2) is 33.0 Å². The molecule has 0 spiro atoms. The molecule has 2 heterocycles. The Labute approximate surface area is 84.3 Å². The number of nitrogens with two attached hydrogens (primary N) is 1. The van der Waals surface area contributed by atoms with Crippen LogP contribution in [0.5, 0.6) is 0 Å². The number of hydrogen-bond acceptors (Lipinski definition) is 5. The lowest BCUT2D eigenvalue weighted by molar-refractivity contribution is -0.120. The third-order valence-corrected chi connectivity index (χ3v) is 2.87. The molecule has 0 bridgehead atoms. The van der Waals surface area contributed by atoms with Crippen LogP contribution < -0.4 is 5.73 Å². The lowest BCUT2D eigenvalue weighted by atomic mass is 9.96. The van der Waals surface area contributed by atoms with Gasteiger partial charge in [0.25, 0.3) is 5.91 Å². The molecule has 0 saturated heterocycles. The van der Waals surface area contributed by atoms with Gasteiger partial charge in [0.2, 0.25) is 5.54 Å². The highest BCUT2D eigenvalue weighted by atomic mass is 32.1. The van der Waals surface area contributed by atoms with Gasteiger partial charge in [-0.1, -0.05) is 6.07 Å². The van der Waals surface area contributed by atoms with Gasteiger partial charge in [-0.2, -0.15) is 0 Å². The van der Waals surface area contributed by atoms with Crippen LogP contribution in [-0.2, 0) is 11.2 Å². The number of nitrogens with zero attached hydrogens (tertiary/aromatic N) is 3. The Hall–Kier alpha value is -1.56. The summed E-state index contributed by atoms with van der Waals surface area (Å²) in [5.41, 5.74) is 4.21. The van der Waals surface area contributed by atoms with Crippen molar-refractivity contribution in [1.82, 2.24) is 0 Å². The summed E-state index contributed by atoms with van der Waals surface area (Å²) in [5, 5.41) is 12.7. The van der Waals surface area contributed by atoms with E-state index < -0.39 is 11.4 Å². The van der Waals surface area contributed by atoms with Gasteiger partial charge in [-0.15, -0.1) is 21.6 Å². The Bertz CT molecular complexity index is 383. The van der Waals surface area contributed by atoms with E-state index in [2.05, 4.69) is 15.4 Å². The molecule has 1 aliphatic heterocycles. The molecule has 0 aromatic carbocycles. The second-order valence-corrected chi connectivity index (χ2v) is 4.01. The normalized spacial score (nSPS) is 24.3. The third kappa shape index (κ3) is 1.44. The highest BCUT2D eigenvalue weighted by Gasteiger charge is 2.38. The number of carbonyl (C=O) groups excluding carboxylic acids is 1. The summed E-state index contributed by atoms with van der Waals surface area (Å²) in [6, 6.07) is 3.84. The molecule has 1 amide bonds. The number of primary amides is 1. The average molecular weight is 208 g/mol. The maximum atomic E-state index is 11.2. The topological polar surface area (TPSA) is 80.2 Å². The van der Waals surface area contributed by atoms with Gasteiger partial charge in [0.1, 0.15) is 0 Å². The maximum absolute atomic E-state index is 11.2. The van der Waals surface area contributed by atoms with Gasteiger partial charge in [-0.25, -0.2) is 0 Å². The Balaban J connectivity index is 2.26. The molecule has 2 rings (SSSR count). The zero-order valence-electron chi connectivity index (χ0n) is 7.25. The number of hydrogen-bond donors (Lipinski definition) is 1. The van der Waals surface area contributed by atoms with Crippen LogP contribution in [0.3, 0.4) is 0 Å². The fraction of sp³-hybridized carbons (Fsp3) is 0.250. The summed E-state index contributed by atoms with van der Waals surface area (Å²) in [6.07, 6.45) is 1.84. The second kappa shape index (κ2) is 3.30. The maximum Gasteiger partial charge on any atom is 0.253 e. The van der Waals surface area contributed by atoms with Gasteiger partial charge in [0, 0.05) is 11.3 Å². The van der Waals surface area contributed by atoms with Crippen molar-refractivity contribution in [2.75, 3.05) is 0 Å². The molecule has 1 aliphatic rings. The molecule has 0 aliphatic carbocycles. The Morgan fingerprint density at radius 2 is 2.50 bits per heavy atom. The van der Waals surface area contributed by atoms with Gasteiger partial charge in [0.05, 0.1) is 6.21 Å². The summed E-state index contributed by atoms with van der Waals surface area (Å²) >= 11 is 1.55. The van der Waals surface area contributed by atoms with E-state index in [0.717, 1.165) is 4.88 Å². The molecule has 72 valence electrons. The third-order valence-electron chi connectivity index (χ3n) is 2.00. The van der Waals surface area contributed by atoms with Gasteiger partial charge in [-0.05, 0) is 16.7 Å². The first kappa shape index (κ1) is 9.01. The van der Waals surface area contributed by atoms with Gasteiger partial charge in [0.15, 0.2) is 0 Å². The summed E-state index contributed by atoms with van der Waals surface area (Å²) in [7, 11) is 0. The zero-order chi connectivity index (χ0) is 10.0. The van der Waals surface area contributed by atoms with E-state index in [1.807, 2.05) is 17.5 Å². The predicted molar refractivity (Wildman–Crippen MR) is 53.3 cm³/mol. The van der Waals surface area contributed by atoms with Gasteiger partial charge >= 0.3 is 0 Å². The smallest absolute Gasteiger partial charge is 0.253 e. The van der Waals surface area contributed by atoms with Crippen molar-refractivity contribution in [3.8, 4) is 0 Å². The van der Waals surface area contributed by atoms with Crippen molar-refractivity contribution >= 4 is 23.5 Å². The molecule has 6 heteroatoms. The van der Waals surface area contributed by atoms with Crippen LogP contribution in [-0.4, -0.2) is 17.7 Å². The molecule has 1 aromatic rings. The fourth-order valence-corrected chi connectivity index (χ4v) is 2.01. The quantitative estimate of drug-likeness (QED) is 0.788. The number of rotatable bonds is 3. The lowest BCUT2D eigenvalue weighted by Gasteiger charge is -2.15. The van der Waals surface area contributed by atoms with Crippen LogP contribution in [0, 0.1) is 0 Å². The van der Waals surface area contributed by atoms with E-state index in [1.54, 1.807) is 11.3 Å². The van der Waals surface area contributed by atoms with Crippen LogP contribution in [0.25, 0.3) is 0 Å². The Kier molecular flexibility index (Phi) is 2.12. The first-order valence-electron chi connectivity index (χ1n) is 4.02. The van der Waals surface area contributed by atoms with Crippen molar-refractivity contribution in [3.63, 3.8) is 0 Å². The van der Waals surface area contributed by atoms with Crippen LogP contribution in [0.2, 0.25) is 0 Å². The molecule has 0 saturated carbocycles. The van der Waals surface area contributed by atoms with E-state index >= 15 is 0 Å². The standard InChI is InChI=1S/C8H8N4OS/c9-7(13)8(5-10-12-11-8)4-6-2-1-3-14-6/h1-3,5H,4H2,(H2,9,13). The summed E-state index contributed by atoms with van der Waals surface area (Å²) in [5.74, 6) is -0.518. The van der Waals surface area contributed by atoms with Crippen molar-refractivity contribution in [3.05, 3.63) is 22.4 Å². The van der Waals surface area contributed by atoms with Crippen molar-refractivity contribution < 1.29 is 4.79 Å². The van der Waals surface area contributed by atoms with Crippen molar-refractivity contribution in [2.24, 2.45) is 21.2 Å². The minimum Gasteiger partial charge on any atom is -0.367 e. The van der Waals surface area contributed by atoms with E-state index in [0.29, 0.717) is 6.42 Å². The van der Waals surface area contributed by atoms with Crippen molar-refractivity contribution in [1.29, 1.82) is 0 Å². The van der Waals surface area contributed by atoms with Crippen LogP contribution in [0.1, 0.15) is 4.88 Å². The minimum atomic E-state index is -1.06. The van der Waals surface area contributed by atoms with Gasteiger partial charge < -0.3 is 5.73 Å². The first-order valence-corrected chi connectivity index (χ1v) is 4.90. The molecule has 1 aromatic heterocycles. The Morgan fingerprint density at radius 1 is 1.64 bits per heavy atom. The number of thiophene rings is 1. The SMILES string of the molecule is NC(=O)C1(Cc2cccs2)C=NN=N1. The molecule has 0 fully saturated rings. The molecule has 1 atom stereocenters. The molecule has 5 nitrogen and oxygen atoms in total. The van der Waals surface area contributed by atoms with Crippen LogP contribution >= 0.6 is 11.3 Å². The molecule has 14 heavy (non-hydrogen) atoms. The monoisotopic (exact) mass is 208 g/mol. The summed E-state index contributed by atoms with van der Waals surface area (Å²) in [4.78, 5) is 12.3. The minimum absolute atomic E-state index is 0.438. The zero-order valence-corrected chi connectivity index (χ0v) is 8.07. The predicted octanol–water partition coefficient (Wildman–Crippen LogP) is 0.966. The van der Waals surface area contributed by atoms with Crippen molar-refractivity contribution in [2.45, 2.75) is 12.0 Å². The molecule has 0 radical (unpaired) electrons. The summed E-state index contributed by atoms with van der Waals surface area (Å²) in [6.45, 7) is 0. The van der Waals surface area contributed by atoms with E-state index in [9.17, 15) is 4.79 Å². The first-order chi connectivity index (χ1) is 6.73. The molecular weight excluding hydrogens is 200 g/mol. The molecule has 2 N–H and O–H groups in total. The van der Waals surface area contributed by atoms with Gasteiger partial charge in [-0.3, -0.25) is 4.79 Å². The second-order valence-electron chi connectivity index (χ2n) is 2.98. The molecular formula is C8H8N4OS. The largest absolute Gasteiger partial charge is 0.367 e. The highest BCUT2D eigenvalue weighted by Crippen LogP contribution is 2.23. The number of carbonyl (C=O) groups is 1. The summed E-state index contributed by atoms with van der Waals surface area (Å²) < 4.78 is 0. The van der Waals surface area contributed by atoms with E-state index in [-0.39, 0.29) is 0 Å². The average Bonchev–Trinajstić information content (AvgIpc) is 2.76. The van der Waals surface area contributed by atoms with E-state index in [1.165, 1.54) is 6.21 Å². The fourth-order valence-electron chi connectivity index (χ4n) is 1.21. The Morgan fingerprint density at radius 3 is 3.00 bits per heavy atom. The lowest BCUT2D eigenvalue weighted by Crippen LogP contribution is -2.44. The van der Waals surface area contributed by atoms with Crippen LogP contribution in [0.4, 0.5) is 0 Å². The highest BCUT2D eigenvalue weighted by molar-refractivity contribution is 7.09. The number of amides is 1.